The molecule has 0 saturated carbocycles. The van der Waals surface area contributed by atoms with Gasteiger partial charge in [0, 0.05) is 17.8 Å². The van der Waals surface area contributed by atoms with Crippen molar-refractivity contribution in [3.05, 3.63) is 48.2 Å². The highest BCUT2D eigenvalue weighted by Gasteiger charge is 2.11. The summed E-state index contributed by atoms with van der Waals surface area (Å²) in [6.45, 7) is 3.92. The highest BCUT2D eigenvalue weighted by Crippen LogP contribution is 2.15. The zero-order chi connectivity index (χ0) is 15.2. The maximum Gasteiger partial charge on any atom is 0.270 e. The van der Waals surface area contributed by atoms with Crippen LogP contribution in [0.4, 0.5) is 15.9 Å². The second kappa shape index (κ2) is 6.78. The minimum atomic E-state index is -0.308. The highest BCUT2D eigenvalue weighted by molar-refractivity contribution is 5.93. The Bertz CT molecular complexity index is 615. The second-order valence-corrected chi connectivity index (χ2v) is 4.70. The van der Waals surface area contributed by atoms with E-state index in [2.05, 4.69) is 20.6 Å². The fourth-order valence-electron chi connectivity index (χ4n) is 1.63. The van der Waals surface area contributed by atoms with E-state index in [1.54, 1.807) is 18.2 Å². The number of carbonyl (C=O) groups excluding carboxylic acids is 1. The van der Waals surface area contributed by atoms with E-state index < -0.39 is 0 Å². The van der Waals surface area contributed by atoms with Gasteiger partial charge in [0.05, 0.1) is 0 Å². The lowest BCUT2D eigenvalue weighted by molar-refractivity contribution is 0.0934. The van der Waals surface area contributed by atoms with Gasteiger partial charge in [-0.15, -0.1) is 0 Å². The smallest absolute Gasteiger partial charge is 0.270 e. The topological polar surface area (TPSA) is 66.9 Å². The van der Waals surface area contributed by atoms with Crippen molar-refractivity contribution in [3.63, 3.8) is 0 Å². The number of nitrogens with zero attached hydrogens (tertiary/aromatic N) is 2. The number of hydrogen-bond acceptors (Lipinski definition) is 4. The quantitative estimate of drug-likeness (QED) is 0.887. The number of hydrogen-bond donors (Lipinski definition) is 2. The largest absolute Gasteiger partial charge is 0.348 e. The predicted octanol–water partition coefficient (Wildman–Crippen LogP) is 2.89. The Balaban J connectivity index is 2.10. The molecule has 0 aliphatic rings. The van der Waals surface area contributed by atoms with Crippen molar-refractivity contribution >= 4 is 17.4 Å². The van der Waals surface area contributed by atoms with Crippen molar-refractivity contribution in [2.45, 2.75) is 26.3 Å². The van der Waals surface area contributed by atoms with Crippen LogP contribution in [0.5, 0.6) is 0 Å². The van der Waals surface area contributed by atoms with Crippen LogP contribution in [0.25, 0.3) is 0 Å². The molecular weight excluding hydrogens is 271 g/mol. The third-order valence-electron chi connectivity index (χ3n) is 3.01. The molecule has 0 fully saturated rings. The summed E-state index contributed by atoms with van der Waals surface area (Å²) in [6.07, 6.45) is 2.16. The van der Waals surface area contributed by atoms with Gasteiger partial charge in [-0.25, -0.2) is 14.4 Å². The number of amides is 1. The number of benzene rings is 1. The summed E-state index contributed by atoms with van der Waals surface area (Å²) >= 11 is 0. The lowest BCUT2D eigenvalue weighted by Gasteiger charge is -2.11. The molecule has 1 aromatic carbocycles. The fourth-order valence-corrected chi connectivity index (χ4v) is 1.63. The first-order valence-corrected chi connectivity index (χ1v) is 6.74. The molecule has 1 unspecified atom stereocenters. The first-order chi connectivity index (χ1) is 10.1. The summed E-state index contributed by atoms with van der Waals surface area (Å²) in [5, 5.41) is 5.83. The van der Waals surface area contributed by atoms with Crippen LogP contribution in [0.2, 0.25) is 0 Å². The van der Waals surface area contributed by atoms with Crippen LogP contribution >= 0.6 is 0 Å². The number of halogens is 1. The Morgan fingerprint density at radius 2 is 2.00 bits per heavy atom. The van der Waals surface area contributed by atoms with E-state index in [9.17, 15) is 9.18 Å². The molecule has 2 aromatic rings. The first kappa shape index (κ1) is 14.9. The van der Waals surface area contributed by atoms with Crippen molar-refractivity contribution in [1.82, 2.24) is 15.3 Å². The average Bonchev–Trinajstić information content (AvgIpc) is 2.49. The number of aromatic nitrogens is 2. The summed E-state index contributed by atoms with van der Waals surface area (Å²) < 4.78 is 12.8. The third kappa shape index (κ3) is 4.24. The molecule has 21 heavy (non-hydrogen) atoms. The van der Waals surface area contributed by atoms with Gasteiger partial charge in [0.25, 0.3) is 5.91 Å². The minimum Gasteiger partial charge on any atom is -0.348 e. The van der Waals surface area contributed by atoms with Crippen LogP contribution in [0.3, 0.4) is 0 Å². The molecule has 5 nitrogen and oxygen atoms in total. The zero-order valence-electron chi connectivity index (χ0n) is 11.9. The summed E-state index contributed by atoms with van der Waals surface area (Å²) in [6, 6.07) is 7.52. The van der Waals surface area contributed by atoms with E-state index in [0.29, 0.717) is 11.5 Å². The van der Waals surface area contributed by atoms with Gasteiger partial charge < -0.3 is 10.6 Å². The van der Waals surface area contributed by atoms with Crippen molar-refractivity contribution in [3.8, 4) is 0 Å². The van der Waals surface area contributed by atoms with Crippen LogP contribution in [0.15, 0.2) is 36.7 Å². The zero-order valence-corrected chi connectivity index (χ0v) is 11.9. The Morgan fingerprint density at radius 1 is 1.29 bits per heavy atom. The Labute approximate surface area is 122 Å². The van der Waals surface area contributed by atoms with Gasteiger partial charge in [0.15, 0.2) is 0 Å². The van der Waals surface area contributed by atoms with E-state index in [4.69, 9.17) is 0 Å². The van der Waals surface area contributed by atoms with Crippen LogP contribution in [-0.2, 0) is 0 Å². The lowest BCUT2D eigenvalue weighted by atomic mass is 10.2. The number of rotatable bonds is 5. The standard InChI is InChI=1S/C15H17FN4O/c1-3-10(2)19-15(21)13-8-14(18-9-17-13)20-12-6-4-11(16)5-7-12/h4-10H,3H2,1-2H3,(H,19,21)(H,17,18,20). The normalized spacial score (nSPS) is 11.8. The number of anilines is 2. The van der Waals surface area contributed by atoms with Gasteiger partial charge in [-0.05, 0) is 37.6 Å². The van der Waals surface area contributed by atoms with Gasteiger partial charge >= 0.3 is 0 Å². The lowest BCUT2D eigenvalue weighted by Crippen LogP contribution is -2.32. The van der Waals surface area contributed by atoms with Crippen molar-refractivity contribution < 1.29 is 9.18 Å². The molecule has 0 radical (unpaired) electrons. The molecule has 6 heteroatoms. The van der Waals surface area contributed by atoms with Crippen molar-refractivity contribution in [2.24, 2.45) is 0 Å². The van der Waals surface area contributed by atoms with Crippen LogP contribution in [0.1, 0.15) is 30.8 Å². The molecule has 1 aromatic heterocycles. The number of carbonyl (C=O) groups is 1. The number of nitrogens with one attached hydrogen (secondary N) is 2. The van der Waals surface area contributed by atoms with Gasteiger partial charge in [-0.3, -0.25) is 4.79 Å². The van der Waals surface area contributed by atoms with E-state index in [-0.39, 0.29) is 23.5 Å². The molecule has 1 amide bonds. The Morgan fingerprint density at radius 3 is 2.67 bits per heavy atom. The van der Waals surface area contributed by atoms with Gasteiger partial charge in [0.1, 0.15) is 23.7 Å². The Kier molecular flexibility index (Phi) is 4.81. The second-order valence-electron chi connectivity index (χ2n) is 4.70. The molecule has 1 atom stereocenters. The van der Waals surface area contributed by atoms with Gasteiger partial charge in [-0.2, -0.15) is 0 Å². The van der Waals surface area contributed by atoms with Crippen LogP contribution < -0.4 is 10.6 Å². The molecule has 110 valence electrons. The van der Waals surface area contributed by atoms with Crippen LogP contribution in [0, 0.1) is 5.82 Å². The van der Waals surface area contributed by atoms with Gasteiger partial charge in [0.2, 0.25) is 0 Å². The van der Waals surface area contributed by atoms with E-state index in [1.165, 1.54) is 18.5 Å². The highest BCUT2D eigenvalue weighted by atomic mass is 19.1. The Hall–Kier alpha value is -2.50. The maximum atomic E-state index is 12.8. The van der Waals surface area contributed by atoms with E-state index in [0.717, 1.165) is 6.42 Å². The molecule has 2 rings (SSSR count). The summed E-state index contributed by atoms with van der Waals surface area (Å²) in [5.41, 5.74) is 0.971. The maximum absolute atomic E-state index is 12.8. The molecule has 0 aliphatic carbocycles. The molecule has 0 bridgehead atoms. The summed E-state index contributed by atoms with van der Waals surface area (Å²) in [5.74, 6) is -0.0725. The molecular formula is C15H17FN4O. The first-order valence-electron chi connectivity index (χ1n) is 6.74. The van der Waals surface area contributed by atoms with Crippen molar-refractivity contribution in [2.75, 3.05) is 5.32 Å². The van der Waals surface area contributed by atoms with Crippen molar-refractivity contribution in [1.29, 1.82) is 0 Å². The fraction of sp³-hybridized carbons (Fsp3) is 0.267. The van der Waals surface area contributed by atoms with Crippen LogP contribution in [-0.4, -0.2) is 21.9 Å². The molecule has 0 saturated heterocycles. The average molecular weight is 288 g/mol. The molecule has 1 heterocycles. The minimum absolute atomic E-state index is 0.0842. The third-order valence-corrected chi connectivity index (χ3v) is 3.01. The molecule has 0 spiro atoms. The summed E-state index contributed by atoms with van der Waals surface area (Å²) in [7, 11) is 0. The molecule has 2 N–H and O–H groups in total. The van der Waals surface area contributed by atoms with E-state index in [1.807, 2.05) is 13.8 Å². The summed E-state index contributed by atoms with van der Waals surface area (Å²) in [4.78, 5) is 20.0. The SMILES string of the molecule is CCC(C)NC(=O)c1cc(Nc2ccc(F)cc2)ncn1. The monoisotopic (exact) mass is 288 g/mol. The van der Waals surface area contributed by atoms with E-state index >= 15 is 0 Å². The predicted molar refractivity (Wildman–Crippen MR) is 78.9 cm³/mol. The molecule has 0 aliphatic heterocycles. The van der Waals surface area contributed by atoms with Gasteiger partial charge in [-0.1, -0.05) is 6.92 Å².